The lowest BCUT2D eigenvalue weighted by molar-refractivity contribution is -0.220. The highest BCUT2D eigenvalue weighted by Gasteiger charge is 2.75. The molecule has 300 valence electrons. The van der Waals surface area contributed by atoms with Gasteiger partial charge < -0.3 is 29.2 Å². The summed E-state index contributed by atoms with van der Waals surface area (Å²) in [6, 6.07) is 0. The number of amides is 2. The van der Waals surface area contributed by atoms with Gasteiger partial charge in [0.1, 0.15) is 11.4 Å². The number of hydrogen-bond donors (Lipinski definition) is 2. The topological polar surface area (TPSA) is 183 Å². The summed E-state index contributed by atoms with van der Waals surface area (Å²) in [5.41, 5.74) is -5.80. The first-order valence-electron chi connectivity index (χ1n) is 18.9. The molecular formula is C39H54FNO12S. The van der Waals surface area contributed by atoms with Gasteiger partial charge in [0.25, 0.3) is 0 Å². The van der Waals surface area contributed by atoms with Crippen molar-refractivity contribution in [2.24, 2.45) is 28.6 Å². The van der Waals surface area contributed by atoms with Crippen LogP contribution >= 0.6 is 11.8 Å². The third-order valence-electron chi connectivity index (χ3n) is 12.8. The molecule has 0 aromatic heterocycles. The van der Waals surface area contributed by atoms with Crippen LogP contribution in [0.5, 0.6) is 0 Å². The molecule has 5 aliphatic rings. The number of allylic oxidation sites excluding steroid dienone is 4. The van der Waals surface area contributed by atoms with Crippen molar-refractivity contribution in [1.82, 2.24) is 4.90 Å². The van der Waals surface area contributed by atoms with Crippen LogP contribution in [0.3, 0.4) is 0 Å². The van der Waals surface area contributed by atoms with Crippen LogP contribution < -0.4 is 0 Å². The van der Waals surface area contributed by atoms with Crippen LogP contribution in [0.15, 0.2) is 23.8 Å². The number of carbonyl (C=O) groups excluding carboxylic acids is 6. The molecular weight excluding hydrogens is 725 g/mol. The first kappa shape index (κ1) is 42.3. The molecule has 4 fully saturated rings. The van der Waals surface area contributed by atoms with Gasteiger partial charge in [0.05, 0.1) is 57.4 Å². The average Bonchev–Trinajstić information content (AvgIpc) is 3.49. The summed E-state index contributed by atoms with van der Waals surface area (Å²) in [4.78, 5) is 75.2. The molecule has 0 radical (unpaired) electrons. The maximum absolute atomic E-state index is 17.4. The minimum Gasteiger partial charge on any atom is -0.458 e. The van der Waals surface area contributed by atoms with Crippen LogP contribution in [-0.2, 0) is 47.7 Å². The number of rotatable bonds is 19. The van der Waals surface area contributed by atoms with Crippen molar-refractivity contribution in [3.8, 4) is 0 Å². The van der Waals surface area contributed by atoms with Crippen molar-refractivity contribution < 1.29 is 62.3 Å². The van der Waals surface area contributed by atoms with Gasteiger partial charge in [0.15, 0.2) is 18.1 Å². The van der Waals surface area contributed by atoms with E-state index in [-0.39, 0.29) is 73.9 Å². The van der Waals surface area contributed by atoms with Gasteiger partial charge in [0.2, 0.25) is 17.6 Å². The first-order chi connectivity index (χ1) is 25.5. The number of esters is 1. The van der Waals surface area contributed by atoms with Gasteiger partial charge in [-0.05, 0) is 56.6 Å². The van der Waals surface area contributed by atoms with E-state index >= 15 is 4.39 Å². The Hall–Kier alpha value is -2.82. The summed E-state index contributed by atoms with van der Waals surface area (Å²) in [5.74, 6) is -3.36. The molecule has 0 aromatic carbocycles. The van der Waals surface area contributed by atoms with Crippen molar-refractivity contribution in [2.75, 3.05) is 59.0 Å². The van der Waals surface area contributed by atoms with Crippen molar-refractivity contribution in [3.05, 3.63) is 23.8 Å². The van der Waals surface area contributed by atoms with E-state index in [1.165, 1.54) is 31.0 Å². The fourth-order valence-corrected chi connectivity index (χ4v) is 10.7. The number of likely N-dealkylation sites (tertiary alicyclic amines) is 1. The highest BCUT2D eigenvalue weighted by atomic mass is 32.2. The summed E-state index contributed by atoms with van der Waals surface area (Å²) >= 11 is 1.40. The van der Waals surface area contributed by atoms with Crippen LogP contribution in [0.1, 0.15) is 72.1 Å². The van der Waals surface area contributed by atoms with Crippen molar-refractivity contribution in [2.45, 2.75) is 94.8 Å². The molecule has 4 aliphatic carbocycles. The van der Waals surface area contributed by atoms with Gasteiger partial charge in [-0.25, -0.2) is 4.39 Å². The van der Waals surface area contributed by atoms with E-state index in [1.807, 2.05) is 0 Å². The number of fused-ring (bicyclic) bond motifs is 5. The molecule has 54 heavy (non-hydrogen) atoms. The van der Waals surface area contributed by atoms with E-state index in [9.17, 15) is 39.0 Å². The van der Waals surface area contributed by atoms with E-state index in [4.69, 9.17) is 18.9 Å². The molecule has 9 atom stereocenters. The lowest BCUT2D eigenvalue weighted by atomic mass is 9.44. The Labute approximate surface area is 319 Å². The molecule has 5 rings (SSSR count). The Morgan fingerprint density at radius 2 is 1.65 bits per heavy atom. The fourth-order valence-electron chi connectivity index (χ4n) is 9.66. The maximum atomic E-state index is 17.4. The number of nitrogens with zero attached hydrogens (tertiary/aromatic N) is 1. The summed E-state index contributed by atoms with van der Waals surface area (Å²) in [6.45, 7) is 6.28. The van der Waals surface area contributed by atoms with Gasteiger partial charge in [-0.1, -0.05) is 25.5 Å². The van der Waals surface area contributed by atoms with E-state index in [0.717, 1.165) is 4.90 Å². The highest BCUT2D eigenvalue weighted by molar-refractivity contribution is 8.00. The number of ether oxygens (including phenoxy) is 4. The number of alkyl halides is 1. The maximum Gasteiger partial charge on any atom is 0.306 e. The Balaban J connectivity index is 0.961. The molecule has 2 N–H and O–H groups in total. The second-order valence-corrected chi connectivity index (χ2v) is 17.0. The van der Waals surface area contributed by atoms with Gasteiger partial charge in [-0.15, -0.1) is 11.8 Å². The summed E-state index contributed by atoms with van der Waals surface area (Å²) in [5, 5.41) is 23.2. The molecule has 1 unspecified atom stereocenters. The minimum absolute atomic E-state index is 0.0802. The predicted molar refractivity (Wildman–Crippen MR) is 194 cm³/mol. The Morgan fingerprint density at radius 1 is 0.981 bits per heavy atom. The fraction of sp³-hybridized carbons (Fsp3) is 0.744. The first-order valence-corrected chi connectivity index (χ1v) is 19.9. The normalized spacial score (nSPS) is 35.8. The van der Waals surface area contributed by atoms with Gasteiger partial charge in [-0.3, -0.25) is 33.7 Å². The molecule has 0 bridgehead atoms. The molecule has 13 nitrogen and oxygen atoms in total. The largest absolute Gasteiger partial charge is 0.458 e. The lowest BCUT2D eigenvalue weighted by Gasteiger charge is -2.62. The lowest BCUT2D eigenvalue weighted by Crippen LogP contribution is -2.69. The number of Topliss-reactive ketones (excluding diaryl/α,β-unsaturated/α-hetero) is 2. The van der Waals surface area contributed by atoms with Gasteiger partial charge in [0, 0.05) is 48.8 Å². The number of imide groups is 1. The quantitative estimate of drug-likeness (QED) is 0.111. The van der Waals surface area contributed by atoms with Gasteiger partial charge >= 0.3 is 5.97 Å². The zero-order chi connectivity index (χ0) is 39.5. The van der Waals surface area contributed by atoms with E-state index in [1.54, 1.807) is 26.8 Å². The third-order valence-corrected chi connectivity index (χ3v) is 13.9. The van der Waals surface area contributed by atoms with E-state index in [2.05, 4.69) is 0 Å². The zero-order valence-corrected chi connectivity index (χ0v) is 32.5. The van der Waals surface area contributed by atoms with E-state index < -0.39 is 64.3 Å². The van der Waals surface area contributed by atoms with Gasteiger partial charge in [-0.2, -0.15) is 0 Å². The van der Waals surface area contributed by atoms with Crippen LogP contribution in [0.4, 0.5) is 4.39 Å². The molecule has 2 amide bonds. The van der Waals surface area contributed by atoms with Crippen molar-refractivity contribution >= 4 is 46.9 Å². The summed E-state index contributed by atoms with van der Waals surface area (Å²) in [6.07, 6.45) is 3.79. The Morgan fingerprint density at radius 3 is 2.31 bits per heavy atom. The monoisotopic (exact) mass is 779 g/mol. The molecule has 15 heteroatoms. The standard InChI is InChI=1S/C39H54FNO12S/c1-24-19-29-28-7-5-25-20-27(43)9-11-36(25,2)38(28,40)31(44)22-37(29,3)39(24,49)32(45)23-53-34(47)8-6-26(42)10-12-50-13-14-51-15-16-52-17-18-54-30-21-33(46)41(4)35(30)48/h9,11,20,24,28-31,44,49H,5-8,10,12-19,21-23H2,1-4H3/t24-,28-,29-,30?,31-,36-,37-,38-,39-/m0/s1. The van der Waals surface area contributed by atoms with E-state index in [0.29, 0.717) is 57.0 Å². The number of carbonyl (C=O) groups is 6. The zero-order valence-electron chi connectivity index (χ0n) is 31.6. The molecule has 0 spiro atoms. The third kappa shape index (κ3) is 7.90. The van der Waals surface area contributed by atoms with Crippen LogP contribution in [0, 0.1) is 28.6 Å². The number of aliphatic hydroxyl groups excluding tert-OH is 1. The van der Waals surface area contributed by atoms with Crippen LogP contribution in [0.25, 0.3) is 0 Å². The summed E-state index contributed by atoms with van der Waals surface area (Å²) < 4.78 is 38.9. The number of halogens is 1. The molecule has 1 heterocycles. The van der Waals surface area contributed by atoms with Crippen molar-refractivity contribution in [3.63, 3.8) is 0 Å². The summed E-state index contributed by atoms with van der Waals surface area (Å²) in [7, 11) is 1.49. The number of aliphatic hydroxyl groups is 2. The molecule has 1 saturated heterocycles. The van der Waals surface area contributed by atoms with Crippen LogP contribution in [0.2, 0.25) is 0 Å². The smallest absolute Gasteiger partial charge is 0.306 e. The second kappa shape index (κ2) is 17.1. The molecule has 0 aromatic rings. The number of thioether (sulfide) groups is 1. The molecule has 3 saturated carbocycles. The minimum atomic E-state index is -2.09. The Kier molecular flexibility index (Phi) is 13.4. The highest BCUT2D eigenvalue weighted by Crippen LogP contribution is 2.70. The predicted octanol–water partition coefficient (Wildman–Crippen LogP) is 2.73. The second-order valence-electron chi connectivity index (χ2n) is 15.7. The van der Waals surface area contributed by atoms with Crippen LogP contribution in [-0.4, -0.2) is 132 Å². The molecule has 1 aliphatic heterocycles. The Bertz CT molecular complexity index is 1550. The van der Waals surface area contributed by atoms with Crippen molar-refractivity contribution in [1.29, 1.82) is 0 Å². The number of ketones is 3. The average molecular weight is 780 g/mol. The number of hydrogen-bond acceptors (Lipinski definition) is 13. The SMILES string of the molecule is C[C@H]1C[C@H]2[C@@H]3CCC4=CC(=O)C=C[C@]4(C)[C@@]3(F)[C@@H](O)C[C@]2(C)[C@@]1(O)C(=O)COC(=O)CCC(=O)CCOCCOCCOCCSC1CC(=O)N(C)C1=O.